The van der Waals surface area contributed by atoms with Crippen LogP contribution < -0.4 is 14.9 Å². The Labute approximate surface area is 232 Å². The Morgan fingerprint density at radius 2 is 1.63 bits per heavy atom. The molecule has 1 atom stereocenters. The Bertz CT molecular complexity index is 1910. The second-order valence-corrected chi connectivity index (χ2v) is 11.3. The molecule has 186 valence electrons. The minimum absolute atomic E-state index is 0.0800. The van der Waals surface area contributed by atoms with Crippen LogP contribution >= 0.6 is 34.5 Å². The van der Waals surface area contributed by atoms with Crippen LogP contribution in [0.25, 0.3) is 23.1 Å². The molecule has 0 saturated heterocycles. The van der Waals surface area contributed by atoms with E-state index in [9.17, 15) is 4.79 Å². The number of hydrogen-bond acceptors (Lipinski definition) is 4. The maximum atomic E-state index is 13.9. The molecule has 0 saturated carbocycles. The van der Waals surface area contributed by atoms with Crippen molar-refractivity contribution in [2.45, 2.75) is 18.9 Å². The van der Waals surface area contributed by atoms with Gasteiger partial charge in [-0.1, -0.05) is 70.9 Å². The van der Waals surface area contributed by atoms with Crippen LogP contribution in [-0.2, 0) is 6.42 Å². The second-order valence-electron chi connectivity index (χ2n) is 9.37. The fraction of sp³-hybridized carbons (Fsp3) is 0.0968. The molecule has 5 aromatic rings. The monoisotopic (exact) mass is 554 g/mol. The Balaban J connectivity index is 1.39. The molecular weight excluding hydrogens is 535 g/mol. The number of aryl methyl sites for hydroxylation is 1. The summed E-state index contributed by atoms with van der Waals surface area (Å²) < 4.78 is 8.48. The molecule has 2 aliphatic rings. The van der Waals surface area contributed by atoms with Gasteiger partial charge in [-0.2, -0.15) is 0 Å². The summed E-state index contributed by atoms with van der Waals surface area (Å²) in [6.07, 6.45) is 3.56. The first-order valence-electron chi connectivity index (χ1n) is 12.3. The zero-order chi connectivity index (χ0) is 25.8. The Morgan fingerprint density at radius 1 is 0.895 bits per heavy atom. The van der Waals surface area contributed by atoms with Crippen molar-refractivity contribution >= 4 is 46.3 Å². The summed E-state index contributed by atoms with van der Waals surface area (Å²) >= 11 is 13.6. The first kappa shape index (κ1) is 23.5. The van der Waals surface area contributed by atoms with E-state index in [0.29, 0.717) is 30.9 Å². The molecule has 0 spiro atoms. The van der Waals surface area contributed by atoms with Crippen LogP contribution in [0.1, 0.15) is 34.9 Å². The van der Waals surface area contributed by atoms with Gasteiger partial charge >= 0.3 is 0 Å². The summed E-state index contributed by atoms with van der Waals surface area (Å²) in [5.41, 5.74) is 6.42. The summed E-state index contributed by atoms with van der Waals surface area (Å²) in [7, 11) is 0. The van der Waals surface area contributed by atoms with Crippen LogP contribution in [0.3, 0.4) is 0 Å². The number of thiazole rings is 1. The van der Waals surface area contributed by atoms with Gasteiger partial charge < -0.3 is 4.42 Å². The summed E-state index contributed by atoms with van der Waals surface area (Å²) in [5.74, 6) is 1.32. The average Bonchev–Trinajstić information content (AvgIpc) is 3.53. The predicted octanol–water partition coefficient (Wildman–Crippen LogP) is 6.89. The number of halogens is 2. The number of allylic oxidation sites excluding steroid dienone is 1. The first-order valence-corrected chi connectivity index (χ1v) is 13.9. The van der Waals surface area contributed by atoms with Gasteiger partial charge in [0, 0.05) is 27.2 Å². The molecule has 0 fully saturated rings. The number of benzene rings is 3. The van der Waals surface area contributed by atoms with Crippen molar-refractivity contribution in [3.8, 4) is 11.3 Å². The third-order valence-electron chi connectivity index (χ3n) is 7.09. The highest BCUT2D eigenvalue weighted by Gasteiger charge is 2.32. The highest BCUT2D eigenvalue weighted by molar-refractivity contribution is 7.07. The SMILES string of the molecule is O=c1/c(=C\c2ccc(-c3ccc(Cl)cc3)o2)sc2n1[C@@H](c1ccc(Cl)cc1)C1=C(N=2)c2ccccc2CC1. The number of aromatic nitrogens is 1. The lowest BCUT2D eigenvalue weighted by Gasteiger charge is -2.30. The molecule has 3 heterocycles. The standard InChI is InChI=1S/C31H20Cl2N2O2S/c32-21-10-5-19(6-11-21)26-16-14-23(37-26)17-27-30(36)35-29(20-7-12-22(33)13-8-20)25-15-9-18-3-1-2-4-24(18)28(25)34-31(35)38-27/h1-8,10-14,16-17,29H,9,15H2/b27-17+/t29-/m0/s1. The van der Waals surface area contributed by atoms with Crippen LogP contribution in [0, 0.1) is 0 Å². The number of fused-ring (bicyclic) bond motifs is 3. The van der Waals surface area contributed by atoms with Gasteiger partial charge in [-0.05, 0) is 78.1 Å². The lowest BCUT2D eigenvalue weighted by atomic mass is 9.83. The van der Waals surface area contributed by atoms with Crippen LogP contribution in [0.4, 0.5) is 0 Å². The molecule has 1 aliphatic carbocycles. The second kappa shape index (κ2) is 9.28. The molecular formula is C31H20Cl2N2O2S. The van der Waals surface area contributed by atoms with Gasteiger partial charge in [0.1, 0.15) is 11.5 Å². The van der Waals surface area contributed by atoms with Gasteiger partial charge in [-0.25, -0.2) is 4.99 Å². The fourth-order valence-corrected chi connectivity index (χ4v) is 6.53. The maximum absolute atomic E-state index is 13.9. The Morgan fingerprint density at radius 3 is 2.42 bits per heavy atom. The molecule has 4 nitrogen and oxygen atoms in total. The number of furan rings is 1. The molecule has 7 heteroatoms. The minimum atomic E-state index is -0.241. The molecule has 0 unspecified atom stereocenters. The third-order valence-corrected chi connectivity index (χ3v) is 8.57. The zero-order valence-electron chi connectivity index (χ0n) is 20.0. The van der Waals surface area contributed by atoms with E-state index in [1.165, 1.54) is 16.9 Å². The van der Waals surface area contributed by atoms with E-state index >= 15 is 0 Å². The van der Waals surface area contributed by atoms with Crippen molar-refractivity contribution in [3.63, 3.8) is 0 Å². The van der Waals surface area contributed by atoms with Crippen LogP contribution in [-0.4, -0.2) is 4.57 Å². The topological polar surface area (TPSA) is 47.5 Å². The number of rotatable bonds is 3. The number of hydrogen-bond donors (Lipinski definition) is 0. The van der Waals surface area contributed by atoms with E-state index in [4.69, 9.17) is 32.6 Å². The van der Waals surface area contributed by atoms with E-state index in [1.54, 1.807) is 6.08 Å². The smallest absolute Gasteiger partial charge is 0.271 e. The van der Waals surface area contributed by atoms with E-state index in [-0.39, 0.29) is 11.6 Å². The van der Waals surface area contributed by atoms with Gasteiger partial charge in [0.05, 0.1) is 16.3 Å². The Kier molecular flexibility index (Phi) is 5.73. The quantitative estimate of drug-likeness (QED) is 0.244. The zero-order valence-corrected chi connectivity index (χ0v) is 22.4. The third kappa shape index (κ3) is 3.99. The largest absolute Gasteiger partial charge is 0.457 e. The van der Waals surface area contributed by atoms with Crippen molar-refractivity contribution in [2.75, 3.05) is 0 Å². The first-order chi connectivity index (χ1) is 18.5. The maximum Gasteiger partial charge on any atom is 0.271 e. The van der Waals surface area contributed by atoms with E-state index in [0.717, 1.165) is 40.8 Å². The molecule has 1 aliphatic heterocycles. The average molecular weight is 555 g/mol. The minimum Gasteiger partial charge on any atom is -0.457 e. The molecule has 0 amide bonds. The molecule has 38 heavy (non-hydrogen) atoms. The molecule has 3 aromatic carbocycles. The van der Waals surface area contributed by atoms with Gasteiger partial charge in [0.25, 0.3) is 5.56 Å². The summed E-state index contributed by atoms with van der Waals surface area (Å²) in [5, 5.41) is 1.33. The highest BCUT2D eigenvalue weighted by atomic mass is 35.5. The lowest BCUT2D eigenvalue weighted by molar-refractivity contribution is 0.570. The molecule has 7 rings (SSSR count). The van der Waals surface area contributed by atoms with Crippen molar-refractivity contribution in [3.05, 3.63) is 143 Å². The highest BCUT2D eigenvalue weighted by Crippen LogP contribution is 2.41. The summed E-state index contributed by atoms with van der Waals surface area (Å²) in [6.45, 7) is 0. The number of nitrogens with zero attached hydrogens (tertiary/aromatic N) is 2. The molecule has 0 radical (unpaired) electrons. The van der Waals surface area contributed by atoms with E-state index in [1.807, 2.05) is 71.3 Å². The van der Waals surface area contributed by atoms with Crippen molar-refractivity contribution in [2.24, 2.45) is 4.99 Å². The summed E-state index contributed by atoms with van der Waals surface area (Å²) in [4.78, 5) is 19.6. The van der Waals surface area contributed by atoms with E-state index < -0.39 is 0 Å². The fourth-order valence-electron chi connectivity index (χ4n) is 5.30. The van der Waals surface area contributed by atoms with Crippen LogP contribution in [0.5, 0.6) is 0 Å². The lowest BCUT2D eigenvalue weighted by Crippen LogP contribution is -2.38. The molecule has 0 N–H and O–H groups in total. The normalized spacial score (nSPS) is 16.6. The molecule has 2 aromatic heterocycles. The van der Waals surface area contributed by atoms with E-state index in [2.05, 4.69) is 18.2 Å². The van der Waals surface area contributed by atoms with Crippen molar-refractivity contribution < 1.29 is 4.42 Å². The van der Waals surface area contributed by atoms with Crippen molar-refractivity contribution in [1.29, 1.82) is 0 Å². The Hall–Kier alpha value is -3.64. The summed E-state index contributed by atoms with van der Waals surface area (Å²) in [6, 6.07) is 27.2. The van der Waals surface area contributed by atoms with Gasteiger partial charge in [-0.15, -0.1) is 0 Å². The van der Waals surface area contributed by atoms with Gasteiger partial charge in [-0.3, -0.25) is 9.36 Å². The van der Waals surface area contributed by atoms with Crippen molar-refractivity contribution in [1.82, 2.24) is 4.57 Å². The van der Waals surface area contributed by atoms with Gasteiger partial charge in [0.2, 0.25) is 0 Å². The van der Waals surface area contributed by atoms with Crippen LogP contribution in [0.15, 0.2) is 105 Å². The molecule has 0 bridgehead atoms. The van der Waals surface area contributed by atoms with Gasteiger partial charge in [0.15, 0.2) is 4.80 Å². The van der Waals surface area contributed by atoms with Crippen LogP contribution in [0.2, 0.25) is 10.0 Å². The predicted molar refractivity (Wildman–Crippen MR) is 153 cm³/mol.